The van der Waals surface area contributed by atoms with Crippen LogP contribution in [-0.4, -0.2) is 59.0 Å². The molecule has 0 bridgehead atoms. The highest BCUT2D eigenvalue weighted by Crippen LogP contribution is 2.19. The van der Waals surface area contributed by atoms with E-state index in [4.69, 9.17) is 4.74 Å². The van der Waals surface area contributed by atoms with Crippen molar-refractivity contribution in [2.75, 3.05) is 30.3 Å². The van der Waals surface area contributed by atoms with Crippen LogP contribution in [0, 0.1) is 0 Å². The number of carbonyl (C=O) groups is 2. The standard InChI is InChI=1S/C16H24N6O3/c1-2-25-16(24)22-9-7-12(8-10-22)17-13-5-6-14(21-20-13)19-15(23)18-11-3-4-11/h5-6,11-12H,2-4,7-10H2,1H3,(H,17,20)(H2,18,19,21,23). The van der Waals surface area contributed by atoms with Crippen LogP contribution in [0.5, 0.6) is 0 Å². The molecule has 1 aliphatic carbocycles. The van der Waals surface area contributed by atoms with Gasteiger partial charge in [-0.15, -0.1) is 10.2 Å². The second kappa shape index (κ2) is 8.00. The van der Waals surface area contributed by atoms with E-state index in [1.165, 1.54) is 0 Å². The van der Waals surface area contributed by atoms with E-state index in [0.29, 0.717) is 37.4 Å². The third kappa shape index (κ3) is 5.20. The molecule has 2 fully saturated rings. The molecular formula is C16H24N6O3. The van der Waals surface area contributed by atoms with E-state index < -0.39 is 0 Å². The number of hydrogen-bond donors (Lipinski definition) is 3. The summed E-state index contributed by atoms with van der Waals surface area (Å²) < 4.78 is 5.01. The Morgan fingerprint density at radius 3 is 2.40 bits per heavy atom. The molecule has 3 amide bonds. The smallest absolute Gasteiger partial charge is 0.409 e. The first-order valence-corrected chi connectivity index (χ1v) is 8.73. The number of aromatic nitrogens is 2. The highest BCUT2D eigenvalue weighted by molar-refractivity contribution is 5.88. The van der Waals surface area contributed by atoms with E-state index in [9.17, 15) is 9.59 Å². The molecule has 9 heteroatoms. The molecular weight excluding hydrogens is 324 g/mol. The van der Waals surface area contributed by atoms with Crippen molar-refractivity contribution in [3.8, 4) is 0 Å². The highest BCUT2D eigenvalue weighted by atomic mass is 16.6. The van der Waals surface area contributed by atoms with Gasteiger partial charge in [-0.1, -0.05) is 0 Å². The predicted octanol–water partition coefficient (Wildman–Crippen LogP) is 1.79. The van der Waals surface area contributed by atoms with Crippen LogP contribution in [0.3, 0.4) is 0 Å². The van der Waals surface area contributed by atoms with Gasteiger partial charge in [0.2, 0.25) is 0 Å². The second-order valence-corrected chi connectivity index (χ2v) is 6.28. The molecule has 3 N–H and O–H groups in total. The summed E-state index contributed by atoms with van der Waals surface area (Å²) in [6, 6.07) is 3.79. The molecule has 2 aliphatic rings. The number of carbonyl (C=O) groups excluding carboxylic acids is 2. The number of amides is 3. The molecule has 9 nitrogen and oxygen atoms in total. The number of hydrogen-bond acceptors (Lipinski definition) is 6. The van der Waals surface area contributed by atoms with Gasteiger partial charge in [0, 0.05) is 25.2 Å². The lowest BCUT2D eigenvalue weighted by molar-refractivity contribution is 0.0983. The van der Waals surface area contributed by atoms with Crippen LogP contribution in [0.25, 0.3) is 0 Å². The van der Waals surface area contributed by atoms with Gasteiger partial charge in [-0.05, 0) is 44.7 Å². The number of nitrogens with one attached hydrogen (secondary N) is 3. The summed E-state index contributed by atoms with van der Waals surface area (Å²) >= 11 is 0. The zero-order valence-electron chi connectivity index (χ0n) is 14.3. The zero-order chi connectivity index (χ0) is 17.6. The molecule has 1 saturated heterocycles. The number of urea groups is 1. The predicted molar refractivity (Wildman–Crippen MR) is 92.4 cm³/mol. The first-order valence-electron chi connectivity index (χ1n) is 8.73. The van der Waals surface area contributed by atoms with Crippen LogP contribution in [-0.2, 0) is 4.74 Å². The van der Waals surface area contributed by atoms with Crippen LogP contribution in [0.1, 0.15) is 32.6 Å². The van der Waals surface area contributed by atoms with Gasteiger partial charge in [0.15, 0.2) is 5.82 Å². The van der Waals surface area contributed by atoms with Gasteiger partial charge >= 0.3 is 12.1 Å². The van der Waals surface area contributed by atoms with E-state index in [0.717, 1.165) is 25.7 Å². The normalized spacial score (nSPS) is 17.7. The molecule has 1 saturated carbocycles. The molecule has 0 atom stereocenters. The Balaban J connectivity index is 1.42. The molecule has 0 unspecified atom stereocenters. The summed E-state index contributed by atoms with van der Waals surface area (Å²) in [5, 5.41) is 16.9. The Morgan fingerprint density at radius 2 is 1.80 bits per heavy atom. The van der Waals surface area contributed by atoms with Gasteiger partial charge in [0.05, 0.1) is 6.61 Å². The third-order valence-electron chi connectivity index (χ3n) is 4.19. The first kappa shape index (κ1) is 17.2. The SMILES string of the molecule is CCOC(=O)N1CCC(Nc2ccc(NC(=O)NC3CC3)nn2)CC1. The second-order valence-electron chi connectivity index (χ2n) is 6.28. The lowest BCUT2D eigenvalue weighted by Crippen LogP contribution is -2.42. The summed E-state index contributed by atoms with van der Waals surface area (Å²) in [6.45, 7) is 3.51. The van der Waals surface area contributed by atoms with Crippen molar-refractivity contribution in [2.24, 2.45) is 0 Å². The fraction of sp³-hybridized carbons (Fsp3) is 0.625. The molecule has 25 heavy (non-hydrogen) atoms. The van der Waals surface area contributed by atoms with Crippen LogP contribution < -0.4 is 16.0 Å². The third-order valence-corrected chi connectivity index (χ3v) is 4.19. The maximum Gasteiger partial charge on any atom is 0.409 e. The highest BCUT2D eigenvalue weighted by Gasteiger charge is 2.24. The molecule has 3 rings (SSSR count). The molecule has 0 spiro atoms. The van der Waals surface area contributed by atoms with Gasteiger partial charge in [0.25, 0.3) is 0 Å². The number of piperidine rings is 1. The number of anilines is 2. The monoisotopic (exact) mass is 348 g/mol. The fourth-order valence-corrected chi connectivity index (χ4v) is 2.67. The van der Waals surface area contributed by atoms with E-state index in [-0.39, 0.29) is 18.2 Å². The number of nitrogens with zero attached hydrogens (tertiary/aromatic N) is 3. The van der Waals surface area contributed by atoms with Gasteiger partial charge in [0.1, 0.15) is 5.82 Å². The Morgan fingerprint density at radius 1 is 1.12 bits per heavy atom. The summed E-state index contributed by atoms with van der Waals surface area (Å²) in [6.07, 6.45) is 3.48. The summed E-state index contributed by atoms with van der Waals surface area (Å²) in [7, 11) is 0. The Labute approximate surface area is 146 Å². The molecule has 0 radical (unpaired) electrons. The van der Waals surface area contributed by atoms with Crippen molar-refractivity contribution in [3.63, 3.8) is 0 Å². The maximum absolute atomic E-state index is 11.7. The van der Waals surface area contributed by atoms with E-state index >= 15 is 0 Å². The van der Waals surface area contributed by atoms with Crippen molar-refractivity contribution in [3.05, 3.63) is 12.1 Å². The number of ether oxygens (including phenoxy) is 1. The van der Waals surface area contributed by atoms with Crippen LogP contribution in [0.15, 0.2) is 12.1 Å². The van der Waals surface area contributed by atoms with E-state index in [2.05, 4.69) is 26.1 Å². The summed E-state index contributed by atoms with van der Waals surface area (Å²) in [5.74, 6) is 1.07. The Hall–Kier alpha value is -2.58. The average molecular weight is 348 g/mol. The quantitative estimate of drug-likeness (QED) is 0.749. The minimum Gasteiger partial charge on any atom is -0.450 e. The van der Waals surface area contributed by atoms with Crippen molar-refractivity contribution in [1.29, 1.82) is 0 Å². The number of rotatable bonds is 5. The Kier molecular flexibility index (Phi) is 5.52. The van der Waals surface area contributed by atoms with Crippen LogP contribution >= 0.6 is 0 Å². The topological polar surface area (TPSA) is 108 Å². The van der Waals surface area contributed by atoms with Crippen molar-refractivity contribution < 1.29 is 14.3 Å². The largest absolute Gasteiger partial charge is 0.450 e. The van der Waals surface area contributed by atoms with Gasteiger partial charge < -0.3 is 20.3 Å². The molecule has 1 aromatic rings. The average Bonchev–Trinajstić information content (AvgIpc) is 3.41. The summed E-state index contributed by atoms with van der Waals surface area (Å²) in [4.78, 5) is 25.1. The van der Waals surface area contributed by atoms with E-state index in [1.807, 2.05) is 0 Å². The lowest BCUT2D eigenvalue weighted by Gasteiger charge is -2.31. The van der Waals surface area contributed by atoms with Crippen LogP contribution in [0.4, 0.5) is 21.2 Å². The lowest BCUT2D eigenvalue weighted by atomic mass is 10.1. The molecule has 0 aromatic carbocycles. The molecule has 1 aromatic heterocycles. The van der Waals surface area contributed by atoms with Crippen molar-refractivity contribution >= 4 is 23.8 Å². The van der Waals surface area contributed by atoms with Crippen molar-refractivity contribution in [2.45, 2.75) is 44.7 Å². The molecule has 2 heterocycles. The number of likely N-dealkylation sites (tertiary alicyclic amines) is 1. The summed E-state index contributed by atoms with van der Waals surface area (Å²) in [5.41, 5.74) is 0. The Bertz CT molecular complexity index is 596. The molecule has 1 aliphatic heterocycles. The van der Waals surface area contributed by atoms with Gasteiger partial charge in [-0.3, -0.25) is 5.32 Å². The van der Waals surface area contributed by atoms with Gasteiger partial charge in [-0.2, -0.15) is 0 Å². The maximum atomic E-state index is 11.7. The van der Waals surface area contributed by atoms with Crippen LogP contribution in [0.2, 0.25) is 0 Å². The zero-order valence-corrected chi connectivity index (χ0v) is 14.3. The fourth-order valence-electron chi connectivity index (χ4n) is 2.67. The van der Waals surface area contributed by atoms with Crippen molar-refractivity contribution in [1.82, 2.24) is 20.4 Å². The molecule has 136 valence electrons. The van der Waals surface area contributed by atoms with E-state index in [1.54, 1.807) is 24.0 Å². The first-order chi connectivity index (χ1) is 12.1. The minimum atomic E-state index is -0.249. The minimum absolute atomic E-state index is 0.233. The van der Waals surface area contributed by atoms with Gasteiger partial charge in [-0.25, -0.2) is 9.59 Å².